The van der Waals surface area contributed by atoms with Gasteiger partial charge in [-0.15, -0.1) is 0 Å². The van der Waals surface area contributed by atoms with Gasteiger partial charge in [0.1, 0.15) is 5.75 Å². The molecule has 1 N–H and O–H groups in total. The molecular formula is C15H15ClFNO. The van der Waals surface area contributed by atoms with E-state index in [2.05, 4.69) is 5.32 Å². The van der Waals surface area contributed by atoms with Crippen molar-refractivity contribution in [2.45, 2.75) is 13.5 Å². The third-order valence-corrected chi connectivity index (χ3v) is 2.91. The van der Waals surface area contributed by atoms with Crippen LogP contribution in [0.25, 0.3) is 0 Å². The lowest BCUT2D eigenvalue weighted by Gasteiger charge is -2.09. The van der Waals surface area contributed by atoms with Crippen LogP contribution in [-0.2, 0) is 6.54 Å². The van der Waals surface area contributed by atoms with Crippen molar-refractivity contribution in [1.29, 1.82) is 0 Å². The standard InChI is InChI=1S/C15H15ClFNO/c1-2-18-10-11-5-3-6-12(9-11)19-14-8-4-7-13(16)15(14)17/h3-9,18H,2,10H2,1H3. The normalized spacial score (nSPS) is 10.5. The molecule has 0 saturated heterocycles. The van der Waals surface area contributed by atoms with Crippen LogP contribution in [0.3, 0.4) is 0 Å². The van der Waals surface area contributed by atoms with E-state index in [0.717, 1.165) is 18.7 Å². The third kappa shape index (κ3) is 3.69. The van der Waals surface area contributed by atoms with Gasteiger partial charge in [0.15, 0.2) is 11.6 Å². The second kappa shape index (κ2) is 6.55. The summed E-state index contributed by atoms with van der Waals surface area (Å²) >= 11 is 5.71. The SMILES string of the molecule is CCNCc1cccc(Oc2cccc(Cl)c2F)c1. The molecule has 4 heteroatoms. The van der Waals surface area contributed by atoms with E-state index < -0.39 is 5.82 Å². The second-order valence-corrected chi connectivity index (χ2v) is 4.49. The average molecular weight is 280 g/mol. The zero-order valence-electron chi connectivity index (χ0n) is 10.6. The lowest BCUT2D eigenvalue weighted by molar-refractivity contribution is 0.442. The summed E-state index contributed by atoms with van der Waals surface area (Å²) in [5.41, 5.74) is 1.08. The van der Waals surface area contributed by atoms with Crippen molar-refractivity contribution >= 4 is 11.6 Å². The van der Waals surface area contributed by atoms with Gasteiger partial charge >= 0.3 is 0 Å². The van der Waals surface area contributed by atoms with Crippen LogP contribution < -0.4 is 10.1 Å². The van der Waals surface area contributed by atoms with Crippen LogP contribution in [-0.4, -0.2) is 6.54 Å². The Morgan fingerprint density at radius 2 is 2.00 bits per heavy atom. The van der Waals surface area contributed by atoms with E-state index in [1.165, 1.54) is 6.07 Å². The second-order valence-electron chi connectivity index (χ2n) is 4.08. The minimum Gasteiger partial charge on any atom is -0.454 e. The molecule has 2 nitrogen and oxygen atoms in total. The molecule has 0 radical (unpaired) electrons. The first-order valence-corrected chi connectivity index (χ1v) is 6.50. The summed E-state index contributed by atoms with van der Waals surface area (Å²) in [6.45, 7) is 3.70. The van der Waals surface area contributed by atoms with Gasteiger partial charge in [-0.25, -0.2) is 4.39 Å². The number of ether oxygens (including phenoxy) is 1. The van der Waals surface area contributed by atoms with Gasteiger partial charge in [0.05, 0.1) is 5.02 Å². The Morgan fingerprint density at radius 3 is 2.79 bits per heavy atom. The topological polar surface area (TPSA) is 21.3 Å². The molecule has 0 heterocycles. The zero-order chi connectivity index (χ0) is 13.7. The predicted octanol–water partition coefficient (Wildman–Crippen LogP) is 4.38. The summed E-state index contributed by atoms with van der Waals surface area (Å²) in [5.74, 6) is 0.186. The van der Waals surface area contributed by atoms with E-state index in [9.17, 15) is 4.39 Å². The summed E-state index contributed by atoms with van der Waals surface area (Å²) in [4.78, 5) is 0. The molecule has 0 amide bonds. The highest BCUT2D eigenvalue weighted by Crippen LogP contribution is 2.28. The maximum absolute atomic E-state index is 13.7. The molecule has 0 aliphatic rings. The van der Waals surface area contributed by atoms with Crippen molar-refractivity contribution in [3.05, 3.63) is 58.9 Å². The fraction of sp³-hybridized carbons (Fsp3) is 0.200. The number of hydrogen-bond acceptors (Lipinski definition) is 2. The van der Waals surface area contributed by atoms with Gasteiger partial charge in [0, 0.05) is 6.54 Å². The highest BCUT2D eigenvalue weighted by molar-refractivity contribution is 6.30. The Balaban J connectivity index is 2.16. The molecular weight excluding hydrogens is 265 g/mol. The molecule has 100 valence electrons. The molecule has 0 unspecified atom stereocenters. The summed E-state index contributed by atoms with van der Waals surface area (Å²) in [7, 11) is 0. The van der Waals surface area contributed by atoms with Crippen LogP contribution >= 0.6 is 11.6 Å². The van der Waals surface area contributed by atoms with Crippen molar-refractivity contribution < 1.29 is 9.13 Å². The molecule has 2 rings (SSSR count). The largest absolute Gasteiger partial charge is 0.454 e. The van der Waals surface area contributed by atoms with Crippen molar-refractivity contribution in [2.24, 2.45) is 0 Å². The van der Waals surface area contributed by atoms with E-state index in [-0.39, 0.29) is 10.8 Å². The highest BCUT2D eigenvalue weighted by Gasteiger charge is 2.08. The first kappa shape index (κ1) is 13.8. The molecule has 0 aromatic heterocycles. The Morgan fingerprint density at radius 1 is 1.21 bits per heavy atom. The van der Waals surface area contributed by atoms with Crippen molar-refractivity contribution in [1.82, 2.24) is 5.32 Å². The first-order valence-electron chi connectivity index (χ1n) is 6.12. The summed E-state index contributed by atoms with van der Waals surface area (Å²) in [6.07, 6.45) is 0. The lowest BCUT2D eigenvalue weighted by atomic mass is 10.2. The van der Waals surface area contributed by atoms with Gasteiger partial charge in [-0.1, -0.05) is 36.7 Å². The molecule has 0 aliphatic carbocycles. The fourth-order valence-electron chi connectivity index (χ4n) is 1.68. The number of benzene rings is 2. The summed E-state index contributed by atoms with van der Waals surface area (Å²) in [5, 5.41) is 3.28. The van der Waals surface area contributed by atoms with Crippen LogP contribution in [0, 0.1) is 5.82 Å². The van der Waals surface area contributed by atoms with Crippen LogP contribution in [0.5, 0.6) is 11.5 Å². The van der Waals surface area contributed by atoms with Crippen LogP contribution in [0.15, 0.2) is 42.5 Å². The highest BCUT2D eigenvalue weighted by atomic mass is 35.5. The molecule has 2 aromatic carbocycles. The van der Waals surface area contributed by atoms with Crippen molar-refractivity contribution in [3.8, 4) is 11.5 Å². The molecule has 0 atom stereocenters. The number of nitrogens with one attached hydrogen (secondary N) is 1. The molecule has 19 heavy (non-hydrogen) atoms. The Labute approximate surface area is 117 Å². The quantitative estimate of drug-likeness (QED) is 0.877. The van der Waals surface area contributed by atoms with E-state index in [4.69, 9.17) is 16.3 Å². The van der Waals surface area contributed by atoms with Gasteiger partial charge in [-0.2, -0.15) is 0 Å². The maximum Gasteiger partial charge on any atom is 0.184 e. The van der Waals surface area contributed by atoms with Crippen molar-refractivity contribution in [2.75, 3.05) is 6.54 Å². The van der Waals surface area contributed by atoms with E-state index in [1.54, 1.807) is 18.2 Å². The third-order valence-electron chi connectivity index (χ3n) is 2.62. The molecule has 0 saturated carbocycles. The fourth-order valence-corrected chi connectivity index (χ4v) is 1.84. The average Bonchev–Trinajstić information content (AvgIpc) is 2.42. The smallest absolute Gasteiger partial charge is 0.184 e. The minimum absolute atomic E-state index is 0.0568. The number of halogens is 2. The lowest BCUT2D eigenvalue weighted by Crippen LogP contribution is -2.11. The maximum atomic E-state index is 13.7. The molecule has 0 aliphatic heterocycles. The van der Waals surface area contributed by atoms with Gasteiger partial charge in [-0.3, -0.25) is 0 Å². The van der Waals surface area contributed by atoms with Crippen molar-refractivity contribution in [3.63, 3.8) is 0 Å². The van der Waals surface area contributed by atoms with E-state index in [0.29, 0.717) is 5.75 Å². The summed E-state index contributed by atoms with van der Waals surface area (Å²) in [6, 6.07) is 12.2. The zero-order valence-corrected chi connectivity index (χ0v) is 11.4. The first-order chi connectivity index (χ1) is 9.20. The Hall–Kier alpha value is -1.58. The monoisotopic (exact) mass is 279 g/mol. The molecule has 0 spiro atoms. The van der Waals surface area contributed by atoms with Crippen LogP contribution in [0.1, 0.15) is 12.5 Å². The molecule has 0 fully saturated rings. The van der Waals surface area contributed by atoms with Gasteiger partial charge < -0.3 is 10.1 Å². The van der Waals surface area contributed by atoms with E-state index in [1.807, 2.05) is 25.1 Å². The van der Waals surface area contributed by atoms with Crippen LogP contribution in [0.2, 0.25) is 5.02 Å². The van der Waals surface area contributed by atoms with E-state index >= 15 is 0 Å². The Bertz CT molecular complexity index is 560. The Kier molecular flexibility index (Phi) is 4.77. The number of rotatable bonds is 5. The van der Waals surface area contributed by atoms with Gasteiger partial charge in [0.2, 0.25) is 0 Å². The molecule has 0 bridgehead atoms. The van der Waals surface area contributed by atoms with Crippen LogP contribution in [0.4, 0.5) is 4.39 Å². The van der Waals surface area contributed by atoms with Gasteiger partial charge in [0.25, 0.3) is 0 Å². The van der Waals surface area contributed by atoms with Gasteiger partial charge in [-0.05, 0) is 36.4 Å². The number of hydrogen-bond donors (Lipinski definition) is 1. The molecule has 2 aromatic rings. The summed E-state index contributed by atoms with van der Waals surface area (Å²) < 4.78 is 19.2. The predicted molar refractivity (Wildman–Crippen MR) is 75.3 cm³/mol. The minimum atomic E-state index is -0.541.